The Balaban J connectivity index is 2.02. The second-order valence-corrected chi connectivity index (χ2v) is 5.99. The van der Waals surface area contributed by atoms with E-state index in [4.69, 9.17) is 9.47 Å². The van der Waals surface area contributed by atoms with Gasteiger partial charge in [0.05, 0.1) is 0 Å². The molecule has 0 spiro atoms. The first-order valence-electron chi connectivity index (χ1n) is 8.14. The molecule has 0 aliphatic rings. The van der Waals surface area contributed by atoms with Crippen LogP contribution < -0.4 is 9.47 Å². The van der Waals surface area contributed by atoms with Crippen LogP contribution in [-0.2, 0) is 0 Å². The lowest BCUT2D eigenvalue weighted by molar-refractivity contribution is 0.456. The van der Waals surface area contributed by atoms with Crippen molar-refractivity contribution in [3.8, 4) is 23.0 Å². The lowest BCUT2D eigenvalue weighted by Gasteiger charge is -2.20. The molecule has 2 nitrogen and oxygen atoms in total. The van der Waals surface area contributed by atoms with E-state index in [1.807, 2.05) is 60.7 Å². The van der Waals surface area contributed by atoms with Gasteiger partial charge in [-0.1, -0.05) is 36.4 Å². The van der Waals surface area contributed by atoms with Gasteiger partial charge in [-0.05, 0) is 74.2 Å². The Morgan fingerprint density at radius 1 is 0.458 bits per heavy atom. The highest BCUT2D eigenvalue weighted by molar-refractivity contribution is 5.59. The van der Waals surface area contributed by atoms with E-state index in [0.29, 0.717) is 0 Å². The molecule has 0 aliphatic carbocycles. The van der Waals surface area contributed by atoms with Crippen molar-refractivity contribution in [3.05, 3.63) is 82.9 Å². The Bertz CT molecular complexity index is 735. The molecule has 2 heteroatoms. The Morgan fingerprint density at radius 3 is 1.04 bits per heavy atom. The molecule has 0 aliphatic heterocycles. The van der Waals surface area contributed by atoms with Crippen LogP contribution in [0, 0.1) is 27.7 Å². The van der Waals surface area contributed by atoms with Gasteiger partial charge in [-0.15, -0.1) is 0 Å². The van der Waals surface area contributed by atoms with Crippen LogP contribution in [0.2, 0.25) is 0 Å². The van der Waals surface area contributed by atoms with Crippen molar-refractivity contribution in [1.82, 2.24) is 0 Å². The Morgan fingerprint density at radius 2 is 0.750 bits per heavy atom. The number of benzene rings is 3. The Hall–Kier alpha value is -2.74. The quantitative estimate of drug-likeness (QED) is 0.546. The molecule has 0 radical (unpaired) electrons. The minimum atomic E-state index is 0.847. The molecule has 0 saturated carbocycles. The van der Waals surface area contributed by atoms with Gasteiger partial charge < -0.3 is 9.47 Å². The van der Waals surface area contributed by atoms with Gasteiger partial charge in [-0.2, -0.15) is 0 Å². The van der Waals surface area contributed by atoms with E-state index in [1.165, 1.54) is 0 Å². The first-order valence-corrected chi connectivity index (χ1v) is 8.14. The zero-order chi connectivity index (χ0) is 17.1. The summed E-state index contributed by atoms with van der Waals surface area (Å²) in [6.07, 6.45) is 0. The van der Waals surface area contributed by atoms with E-state index in [0.717, 1.165) is 45.3 Å². The molecule has 0 saturated heterocycles. The van der Waals surface area contributed by atoms with Crippen LogP contribution in [0.25, 0.3) is 0 Å². The molecule has 0 fully saturated rings. The lowest BCUT2D eigenvalue weighted by Crippen LogP contribution is -2.00. The molecular weight excluding hydrogens is 296 g/mol. The van der Waals surface area contributed by atoms with Crippen molar-refractivity contribution in [2.24, 2.45) is 0 Å². The summed E-state index contributed by atoms with van der Waals surface area (Å²) in [4.78, 5) is 0. The molecule has 0 atom stereocenters. The van der Waals surface area contributed by atoms with Crippen molar-refractivity contribution in [1.29, 1.82) is 0 Å². The average Bonchev–Trinajstić information content (AvgIpc) is 2.62. The first-order chi connectivity index (χ1) is 11.6. The average molecular weight is 318 g/mol. The van der Waals surface area contributed by atoms with E-state index in [1.54, 1.807) is 0 Å². The SMILES string of the molecule is Cc1c(C)c(Oc2ccccc2)c(C)c(C)c1Oc1ccccc1. The maximum absolute atomic E-state index is 6.15. The largest absolute Gasteiger partial charge is 0.457 e. The standard InChI is InChI=1S/C22H22O2/c1-15-16(2)22(24-20-13-9-6-10-14-20)18(4)17(3)21(15)23-19-11-7-5-8-12-19/h5-14H,1-4H3. The van der Waals surface area contributed by atoms with Gasteiger partial charge in [0.25, 0.3) is 0 Å². The molecule has 24 heavy (non-hydrogen) atoms. The zero-order valence-corrected chi connectivity index (χ0v) is 14.6. The number of para-hydroxylation sites is 2. The maximum Gasteiger partial charge on any atom is 0.134 e. The summed E-state index contributed by atoms with van der Waals surface area (Å²) in [6, 6.07) is 19.8. The van der Waals surface area contributed by atoms with Gasteiger partial charge in [0.1, 0.15) is 23.0 Å². The van der Waals surface area contributed by atoms with Crippen LogP contribution in [0.4, 0.5) is 0 Å². The summed E-state index contributed by atoms with van der Waals surface area (Å²) in [5.74, 6) is 3.52. The topological polar surface area (TPSA) is 18.5 Å². The molecule has 0 bridgehead atoms. The summed E-state index contributed by atoms with van der Waals surface area (Å²) in [5.41, 5.74) is 4.42. The minimum Gasteiger partial charge on any atom is -0.457 e. The van der Waals surface area contributed by atoms with Gasteiger partial charge in [0, 0.05) is 0 Å². The van der Waals surface area contributed by atoms with Crippen LogP contribution in [0.15, 0.2) is 60.7 Å². The fourth-order valence-electron chi connectivity index (χ4n) is 2.76. The van der Waals surface area contributed by atoms with Gasteiger partial charge in [-0.25, -0.2) is 0 Å². The second kappa shape index (κ2) is 6.79. The third-order valence-corrected chi connectivity index (χ3v) is 4.41. The molecule has 3 aromatic carbocycles. The summed E-state index contributed by atoms with van der Waals surface area (Å²) in [7, 11) is 0. The van der Waals surface area contributed by atoms with E-state index in [-0.39, 0.29) is 0 Å². The van der Waals surface area contributed by atoms with Crippen molar-refractivity contribution in [3.63, 3.8) is 0 Å². The lowest BCUT2D eigenvalue weighted by atomic mass is 9.98. The van der Waals surface area contributed by atoms with Crippen LogP contribution in [0.5, 0.6) is 23.0 Å². The van der Waals surface area contributed by atoms with Crippen LogP contribution >= 0.6 is 0 Å². The fraction of sp³-hybridized carbons (Fsp3) is 0.182. The minimum absolute atomic E-state index is 0.847. The van der Waals surface area contributed by atoms with Crippen LogP contribution in [0.3, 0.4) is 0 Å². The monoisotopic (exact) mass is 318 g/mol. The van der Waals surface area contributed by atoms with Crippen molar-refractivity contribution in [2.45, 2.75) is 27.7 Å². The summed E-state index contributed by atoms with van der Waals surface area (Å²) in [5, 5.41) is 0. The molecule has 122 valence electrons. The Kier molecular flexibility index (Phi) is 4.57. The van der Waals surface area contributed by atoms with Gasteiger partial charge in [0.15, 0.2) is 0 Å². The molecule has 3 aromatic rings. The highest BCUT2D eigenvalue weighted by Crippen LogP contribution is 2.40. The smallest absolute Gasteiger partial charge is 0.134 e. The number of hydrogen-bond donors (Lipinski definition) is 0. The van der Waals surface area contributed by atoms with Gasteiger partial charge >= 0.3 is 0 Å². The predicted molar refractivity (Wildman–Crippen MR) is 98.4 cm³/mol. The summed E-state index contributed by atoms with van der Waals surface area (Å²) >= 11 is 0. The highest BCUT2D eigenvalue weighted by Gasteiger charge is 2.18. The van der Waals surface area contributed by atoms with Gasteiger partial charge in [-0.3, -0.25) is 0 Å². The summed E-state index contributed by atoms with van der Waals surface area (Å²) < 4.78 is 12.3. The number of ether oxygens (including phenoxy) is 2. The van der Waals surface area contributed by atoms with E-state index >= 15 is 0 Å². The van der Waals surface area contributed by atoms with Crippen LogP contribution in [0.1, 0.15) is 22.3 Å². The molecule has 0 N–H and O–H groups in total. The number of hydrogen-bond acceptors (Lipinski definition) is 2. The Labute approximate surface area is 143 Å². The summed E-state index contributed by atoms with van der Waals surface area (Å²) in [6.45, 7) is 8.32. The zero-order valence-electron chi connectivity index (χ0n) is 14.6. The molecule has 3 rings (SSSR count). The first kappa shape index (κ1) is 16.1. The predicted octanol–water partition coefficient (Wildman–Crippen LogP) is 6.50. The third kappa shape index (κ3) is 3.13. The molecule has 0 aromatic heterocycles. The van der Waals surface area contributed by atoms with Crippen molar-refractivity contribution >= 4 is 0 Å². The second-order valence-electron chi connectivity index (χ2n) is 5.99. The highest BCUT2D eigenvalue weighted by atomic mass is 16.5. The fourth-order valence-corrected chi connectivity index (χ4v) is 2.76. The van der Waals surface area contributed by atoms with E-state index < -0.39 is 0 Å². The third-order valence-electron chi connectivity index (χ3n) is 4.41. The van der Waals surface area contributed by atoms with Crippen molar-refractivity contribution in [2.75, 3.05) is 0 Å². The molecule has 0 amide bonds. The molecular formula is C22H22O2. The van der Waals surface area contributed by atoms with E-state index in [9.17, 15) is 0 Å². The normalized spacial score (nSPS) is 10.5. The van der Waals surface area contributed by atoms with Gasteiger partial charge in [0.2, 0.25) is 0 Å². The molecule has 0 unspecified atom stereocenters. The number of rotatable bonds is 4. The van der Waals surface area contributed by atoms with Crippen LogP contribution in [-0.4, -0.2) is 0 Å². The van der Waals surface area contributed by atoms with E-state index in [2.05, 4.69) is 27.7 Å². The maximum atomic E-state index is 6.15. The molecule has 0 heterocycles. The van der Waals surface area contributed by atoms with Crippen molar-refractivity contribution < 1.29 is 9.47 Å².